The highest BCUT2D eigenvalue weighted by molar-refractivity contribution is 6.40. The lowest BCUT2D eigenvalue weighted by atomic mass is 10.3. The number of benzene rings is 1. The summed E-state index contributed by atoms with van der Waals surface area (Å²) in [5, 5.41) is 2.67. The molecule has 0 bridgehead atoms. The number of nitrogens with one attached hydrogen (secondary N) is 1. The zero-order valence-electron chi connectivity index (χ0n) is 12.2. The van der Waals surface area contributed by atoms with Crippen molar-refractivity contribution < 1.29 is 14.3 Å². The minimum atomic E-state index is -0.574. The quantitative estimate of drug-likeness (QED) is 0.799. The molecule has 0 aromatic heterocycles. The molecule has 1 fully saturated rings. The third kappa shape index (κ3) is 4.54. The van der Waals surface area contributed by atoms with Gasteiger partial charge in [0.15, 0.2) is 0 Å². The Morgan fingerprint density at radius 1 is 1.24 bits per heavy atom. The van der Waals surface area contributed by atoms with Gasteiger partial charge in [0.05, 0.1) is 13.2 Å². The number of anilines is 1. The molecule has 6 nitrogen and oxygen atoms in total. The Hall–Kier alpha value is -1.92. The Morgan fingerprint density at radius 3 is 2.57 bits per heavy atom. The van der Waals surface area contributed by atoms with Crippen LogP contribution in [0.5, 0.6) is 0 Å². The van der Waals surface area contributed by atoms with Crippen LogP contribution in [-0.2, 0) is 14.3 Å². The van der Waals surface area contributed by atoms with E-state index in [0.717, 1.165) is 32.8 Å². The summed E-state index contributed by atoms with van der Waals surface area (Å²) in [7, 11) is 1.60. The smallest absolute Gasteiger partial charge is 0.316 e. The Kier molecular flexibility index (Phi) is 5.71. The van der Waals surface area contributed by atoms with Crippen LogP contribution in [0.3, 0.4) is 0 Å². The van der Waals surface area contributed by atoms with Crippen LogP contribution < -0.4 is 10.2 Å². The lowest BCUT2D eigenvalue weighted by Crippen LogP contribution is -2.45. The summed E-state index contributed by atoms with van der Waals surface area (Å²) in [4.78, 5) is 27.4. The van der Waals surface area contributed by atoms with Crippen molar-refractivity contribution in [1.29, 1.82) is 0 Å². The van der Waals surface area contributed by atoms with Gasteiger partial charge >= 0.3 is 11.8 Å². The molecule has 2 amide bonds. The first kappa shape index (κ1) is 15.5. The van der Waals surface area contributed by atoms with Gasteiger partial charge in [-0.15, -0.1) is 0 Å². The molecule has 0 saturated carbocycles. The number of likely N-dealkylation sites (N-methyl/N-ethyl adjacent to an activating group) is 1. The Morgan fingerprint density at radius 2 is 1.90 bits per heavy atom. The van der Waals surface area contributed by atoms with Crippen molar-refractivity contribution in [3.05, 3.63) is 30.3 Å². The van der Waals surface area contributed by atoms with Gasteiger partial charge in [0.25, 0.3) is 0 Å². The topological polar surface area (TPSA) is 61.9 Å². The van der Waals surface area contributed by atoms with Gasteiger partial charge in [-0.3, -0.25) is 14.5 Å². The number of carbonyl (C=O) groups is 2. The van der Waals surface area contributed by atoms with Crippen LogP contribution in [0.2, 0.25) is 0 Å². The zero-order valence-corrected chi connectivity index (χ0v) is 12.2. The lowest BCUT2D eigenvalue weighted by Gasteiger charge is -2.26. The number of nitrogens with zero attached hydrogens (tertiary/aromatic N) is 2. The zero-order chi connectivity index (χ0) is 15.1. The van der Waals surface area contributed by atoms with Gasteiger partial charge in [-0.1, -0.05) is 18.2 Å². The lowest BCUT2D eigenvalue weighted by molar-refractivity contribution is -0.137. The van der Waals surface area contributed by atoms with Crippen molar-refractivity contribution in [1.82, 2.24) is 10.2 Å². The van der Waals surface area contributed by atoms with Crippen LogP contribution in [0.4, 0.5) is 5.69 Å². The number of amides is 2. The molecule has 0 aliphatic carbocycles. The van der Waals surface area contributed by atoms with E-state index in [1.54, 1.807) is 19.2 Å². The SMILES string of the molecule is CN(C(=O)C(=O)NCCN1CCOCC1)c1ccccc1. The van der Waals surface area contributed by atoms with Gasteiger partial charge in [0.1, 0.15) is 0 Å². The molecule has 0 atom stereocenters. The van der Waals surface area contributed by atoms with E-state index in [9.17, 15) is 9.59 Å². The summed E-state index contributed by atoms with van der Waals surface area (Å²) >= 11 is 0. The first-order valence-corrected chi connectivity index (χ1v) is 7.09. The summed E-state index contributed by atoms with van der Waals surface area (Å²) in [5.41, 5.74) is 0.700. The first-order chi connectivity index (χ1) is 10.2. The van der Waals surface area contributed by atoms with Crippen LogP contribution in [0.1, 0.15) is 0 Å². The van der Waals surface area contributed by atoms with Gasteiger partial charge in [-0.2, -0.15) is 0 Å². The fraction of sp³-hybridized carbons (Fsp3) is 0.467. The highest BCUT2D eigenvalue weighted by Crippen LogP contribution is 2.10. The maximum atomic E-state index is 12.0. The van der Waals surface area contributed by atoms with Gasteiger partial charge in [0, 0.05) is 38.9 Å². The average molecular weight is 291 g/mol. The number of hydrogen-bond donors (Lipinski definition) is 1. The van der Waals surface area contributed by atoms with E-state index in [4.69, 9.17) is 4.74 Å². The summed E-state index contributed by atoms with van der Waals surface area (Å²) in [6, 6.07) is 9.10. The highest BCUT2D eigenvalue weighted by atomic mass is 16.5. The van der Waals surface area contributed by atoms with Gasteiger partial charge < -0.3 is 15.0 Å². The largest absolute Gasteiger partial charge is 0.379 e. The fourth-order valence-corrected chi connectivity index (χ4v) is 2.15. The van der Waals surface area contributed by atoms with Crippen molar-refractivity contribution in [2.45, 2.75) is 0 Å². The molecular weight excluding hydrogens is 270 g/mol. The van der Waals surface area contributed by atoms with E-state index < -0.39 is 11.8 Å². The molecule has 1 aromatic rings. The molecule has 6 heteroatoms. The number of carbonyl (C=O) groups excluding carboxylic acids is 2. The van der Waals surface area contributed by atoms with Crippen LogP contribution in [0, 0.1) is 0 Å². The fourth-order valence-electron chi connectivity index (χ4n) is 2.15. The molecule has 0 unspecified atom stereocenters. The standard InChI is InChI=1S/C15H21N3O3/c1-17(13-5-3-2-4-6-13)15(20)14(19)16-7-8-18-9-11-21-12-10-18/h2-6H,7-12H2,1H3,(H,16,19). The number of rotatable bonds is 4. The molecule has 1 aromatic carbocycles. The Labute approximate surface area is 124 Å². The van der Waals surface area contributed by atoms with E-state index in [1.807, 2.05) is 18.2 Å². The van der Waals surface area contributed by atoms with Gasteiger partial charge in [0.2, 0.25) is 0 Å². The summed E-state index contributed by atoms with van der Waals surface area (Å²) in [6.45, 7) is 4.39. The minimum absolute atomic E-state index is 0.465. The molecule has 1 saturated heterocycles. The predicted octanol–water partition coefficient (Wildman–Crippen LogP) is 0.0978. The molecule has 1 heterocycles. The molecule has 21 heavy (non-hydrogen) atoms. The number of hydrogen-bond acceptors (Lipinski definition) is 4. The number of para-hydroxylation sites is 1. The third-order valence-electron chi connectivity index (χ3n) is 3.46. The van der Waals surface area contributed by atoms with Crippen molar-refractivity contribution in [2.75, 3.05) is 51.3 Å². The second kappa shape index (κ2) is 7.75. The van der Waals surface area contributed by atoms with E-state index in [0.29, 0.717) is 12.2 Å². The summed E-state index contributed by atoms with van der Waals surface area (Å²) < 4.78 is 5.26. The molecule has 1 aliphatic heterocycles. The minimum Gasteiger partial charge on any atom is -0.379 e. The van der Waals surface area contributed by atoms with Crippen LogP contribution in [-0.4, -0.2) is 63.2 Å². The predicted molar refractivity (Wildman–Crippen MR) is 80.1 cm³/mol. The number of morpholine rings is 1. The second-order valence-corrected chi connectivity index (χ2v) is 4.91. The molecule has 0 spiro atoms. The Bertz CT molecular complexity index is 472. The van der Waals surface area contributed by atoms with E-state index in [-0.39, 0.29) is 0 Å². The number of ether oxygens (including phenoxy) is 1. The summed E-state index contributed by atoms with van der Waals surface area (Å²) in [5.74, 6) is -1.13. The molecular formula is C15H21N3O3. The van der Waals surface area contributed by atoms with Crippen molar-refractivity contribution in [3.8, 4) is 0 Å². The van der Waals surface area contributed by atoms with Crippen LogP contribution in [0.15, 0.2) is 30.3 Å². The molecule has 2 rings (SSSR count). The maximum absolute atomic E-state index is 12.0. The average Bonchev–Trinajstić information content (AvgIpc) is 2.55. The molecule has 0 radical (unpaired) electrons. The van der Waals surface area contributed by atoms with Crippen LogP contribution >= 0.6 is 0 Å². The molecule has 1 N–H and O–H groups in total. The van der Waals surface area contributed by atoms with E-state index in [1.165, 1.54) is 4.90 Å². The Balaban J connectivity index is 1.75. The highest BCUT2D eigenvalue weighted by Gasteiger charge is 2.19. The van der Waals surface area contributed by atoms with Crippen molar-refractivity contribution in [3.63, 3.8) is 0 Å². The normalized spacial score (nSPS) is 15.5. The maximum Gasteiger partial charge on any atom is 0.316 e. The molecule has 114 valence electrons. The van der Waals surface area contributed by atoms with Crippen molar-refractivity contribution in [2.24, 2.45) is 0 Å². The van der Waals surface area contributed by atoms with Crippen LogP contribution in [0.25, 0.3) is 0 Å². The van der Waals surface area contributed by atoms with Crippen molar-refractivity contribution >= 4 is 17.5 Å². The van der Waals surface area contributed by atoms with E-state index in [2.05, 4.69) is 10.2 Å². The second-order valence-electron chi connectivity index (χ2n) is 4.91. The van der Waals surface area contributed by atoms with Gasteiger partial charge in [-0.25, -0.2) is 0 Å². The monoisotopic (exact) mass is 291 g/mol. The molecule has 1 aliphatic rings. The first-order valence-electron chi connectivity index (χ1n) is 7.09. The van der Waals surface area contributed by atoms with Gasteiger partial charge in [-0.05, 0) is 12.1 Å². The summed E-state index contributed by atoms with van der Waals surface area (Å²) in [6.07, 6.45) is 0. The third-order valence-corrected chi connectivity index (χ3v) is 3.46. The van der Waals surface area contributed by atoms with E-state index >= 15 is 0 Å².